The molecule has 4 rings (SSSR count). The molecule has 1 saturated heterocycles. The maximum atomic E-state index is 13.8. The van der Waals surface area contributed by atoms with Gasteiger partial charge < -0.3 is 9.84 Å². The van der Waals surface area contributed by atoms with E-state index in [0.717, 1.165) is 42.3 Å². The molecule has 1 fully saturated rings. The summed E-state index contributed by atoms with van der Waals surface area (Å²) in [7, 11) is 0. The van der Waals surface area contributed by atoms with Crippen LogP contribution in [0.25, 0.3) is 22.0 Å². The summed E-state index contributed by atoms with van der Waals surface area (Å²) in [5.74, 6) is -1.14. The number of carboxylic acid groups (broad SMARTS) is 1. The molecule has 2 aromatic carbocycles. The average molecular weight is 339 g/mol. The normalized spacial score (nSPS) is 17.7. The molecule has 1 atom stereocenters. The van der Waals surface area contributed by atoms with Gasteiger partial charge in [-0.25, -0.2) is 4.79 Å². The Morgan fingerprint density at radius 3 is 2.56 bits per heavy atom. The second kappa shape index (κ2) is 6.33. The molecule has 128 valence electrons. The number of carboxylic acids is 1. The topological polar surface area (TPSA) is 51.5 Å². The van der Waals surface area contributed by atoms with Crippen LogP contribution in [0.5, 0.6) is 0 Å². The number of fused-ring (bicyclic) bond motifs is 1. The number of nitrogens with zero attached hydrogens (tertiary/aromatic N) is 1. The lowest BCUT2D eigenvalue weighted by atomic mass is 9.97. The Kier molecular flexibility index (Phi) is 4.01. The van der Waals surface area contributed by atoms with Crippen molar-refractivity contribution in [2.24, 2.45) is 0 Å². The largest absolute Gasteiger partial charge is 0.478 e. The lowest BCUT2D eigenvalue weighted by Crippen LogP contribution is -2.11. The van der Waals surface area contributed by atoms with Crippen LogP contribution in [0.2, 0.25) is 0 Å². The maximum Gasteiger partial charge on any atom is 0.337 e. The first-order chi connectivity index (χ1) is 12.1. The van der Waals surface area contributed by atoms with E-state index in [0.29, 0.717) is 10.2 Å². The van der Waals surface area contributed by atoms with Gasteiger partial charge in [-0.1, -0.05) is 34.8 Å². The highest BCUT2D eigenvalue weighted by Crippen LogP contribution is 2.31. The summed E-state index contributed by atoms with van der Waals surface area (Å²) in [6.45, 7) is 0.807. The van der Waals surface area contributed by atoms with Crippen molar-refractivity contribution in [3.8, 4) is 11.1 Å². The zero-order valence-electron chi connectivity index (χ0n) is 13.6. The molecule has 1 aliphatic rings. The Hall–Kier alpha value is -2.66. The number of rotatable bonds is 3. The molecule has 1 aromatic heterocycles. The van der Waals surface area contributed by atoms with Crippen LogP contribution in [-0.4, -0.2) is 22.5 Å². The molecule has 1 unspecified atom stereocenters. The Labute approximate surface area is 144 Å². The quantitative estimate of drug-likeness (QED) is 0.732. The zero-order chi connectivity index (χ0) is 17.4. The Morgan fingerprint density at radius 2 is 1.88 bits per heavy atom. The highest BCUT2D eigenvalue weighted by atomic mass is 19.2. The third kappa shape index (κ3) is 2.91. The smallest absolute Gasteiger partial charge is 0.337 e. The summed E-state index contributed by atoms with van der Waals surface area (Å²) in [6, 6.07) is 13.2. The van der Waals surface area contributed by atoms with Crippen LogP contribution < -0.4 is 0 Å². The van der Waals surface area contributed by atoms with Crippen molar-refractivity contribution in [1.82, 2.24) is 4.79 Å². The number of ether oxygens (including phenoxy) is 1. The third-order valence-corrected chi connectivity index (χ3v) is 4.79. The first-order valence-corrected chi connectivity index (χ1v) is 8.40. The van der Waals surface area contributed by atoms with E-state index in [9.17, 15) is 14.4 Å². The van der Waals surface area contributed by atoms with Crippen LogP contribution in [0.4, 0.5) is 4.48 Å². The Morgan fingerprint density at radius 1 is 1.12 bits per heavy atom. The van der Waals surface area contributed by atoms with Crippen LogP contribution >= 0.6 is 0 Å². The van der Waals surface area contributed by atoms with E-state index in [4.69, 9.17) is 4.74 Å². The second-order valence-electron chi connectivity index (χ2n) is 6.37. The van der Waals surface area contributed by atoms with E-state index in [1.54, 1.807) is 18.2 Å². The van der Waals surface area contributed by atoms with Gasteiger partial charge in [0.2, 0.25) is 0 Å². The maximum absolute atomic E-state index is 13.8. The van der Waals surface area contributed by atoms with Crippen LogP contribution in [0.15, 0.2) is 48.7 Å². The monoisotopic (exact) mass is 339 g/mol. The Bertz CT molecular complexity index is 924. The number of hydrogen-bond donors (Lipinski definition) is 1. The molecule has 4 nitrogen and oxygen atoms in total. The van der Waals surface area contributed by atoms with Crippen LogP contribution in [0.1, 0.15) is 41.3 Å². The molecule has 0 radical (unpaired) electrons. The fraction of sp³-hybridized carbons (Fsp3) is 0.250. The third-order valence-electron chi connectivity index (χ3n) is 4.79. The van der Waals surface area contributed by atoms with Crippen molar-refractivity contribution in [2.75, 3.05) is 6.61 Å². The van der Waals surface area contributed by atoms with Gasteiger partial charge >= 0.3 is 5.97 Å². The minimum absolute atomic E-state index is 0.0356. The van der Waals surface area contributed by atoms with E-state index in [1.807, 2.05) is 24.3 Å². The molecular weight excluding hydrogens is 321 g/mol. The standard InChI is InChI=1S/C20H18FNO3/c21-22-12-17(20(23)24)16-11-15(8-9-18(16)22)13-4-6-14(7-5-13)19-3-1-2-10-25-19/h4-9,11-12,19H,1-3,10H2,(H,23,24). The fourth-order valence-electron chi connectivity index (χ4n) is 3.43. The predicted octanol–water partition coefficient (Wildman–Crippen LogP) is 4.98. The molecule has 0 spiro atoms. The predicted molar refractivity (Wildman–Crippen MR) is 93.4 cm³/mol. The van der Waals surface area contributed by atoms with Crippen LogP contribution in [0, 0.1) is 0 Å². The number of aromatic nitrogens is 1. The van der Waals surface area contributed by atoms with Crippen molar-refractivity contribution in [3.05, 3.63) is 59.8 Å². The molecule has 2 heterocycles. The number of aromatic carboxylic acids is 1. The molecular formula is C20H18FNO3. The zero-order valence-corrected chi connectivity index (χ0v) is 13.6. The summed E-state index contributed by atoms with van der Waals surface area (Å²) in [5, 5.41) is 9.64. The first-order valence-electron chi connectivity index (χ1n) is 8.40. The number of hydrogen-bond acceptors (Lipinski definition) is 2. The van der Waals surface area contributed by atoms with E-state index >= 15 is 0 Å². The van der Waals surface area contributed by atoms with Crippen LogP contribution in [-0.2, 0) is 4.74 Å². The van der Waals surface area contributed by atoms with Gasteiger partial charge in [0.25, 0.3) is 0 Å². The summed E-state index contributed by atoms with van der Waals surface area (Å²) in [5.41, 5.74) is 3.20. The van der Waals surface area contributed by atoms with Crippen molar-refractivity contribution >= 4 is 16.9 Å². The second-order valence-corrected chi connectivity index (χ2v) is 6.37. The highest BCUT2D eigenvalue weighted by molar-refractivity contribution is 6.04. The van der Waals surface area contributed by atoms with Crippen LogP contribution in [0.3, 0.4) is 0 Å². The molecule has 5 heteroatoms. The number of carbonyl (C=O) groups is 1. The van der Waals surface area contributed by atoms with E-state index in [1.165, 1.54) is 6.42 Å². The summed E-state index contributed by atoms with van der Waals surface area (Å²) in [4.78, 5) is 11.7. The van der Waals surface area contributed by atoms with Gasteiger partial charge in [-0.05, 0) is 48.1 Å². The first kappa shape index (κ1) is 15.8. The molecule has 3 aromatic rings. The van der Waals surface area contributed by atoms with Gasteiger partial charge in [-0.15, -0.1) is 0 Å². The molecule has 1 aliphatic heterocycles. The minimum Gasteiger partial charge on any atom is -0.478 e. The van der Waals surface area contributed by atoms with Gasteiger partial charge in [0.15, 0.2) is 0 Å². The van der Waals surface area contributed by atoms with Gasteiger partial charge in [0.05, 0.1) is 23.4 Å². The molecule has 1 N–H and O–H groups in total. The van der Waals surface area contributed by atoms with E-state index in [2.05, 4.69) is 0 Å². The van der Waals surface area contributed by atoms with E-state index < -0.39 is 5.97 Å². The summed E-state index contributed by atoms with van der Waals surface area (Å²) < 4.78 is 19.6. The van der Waals surface area contributed by atoms with Crippen molar-refractivity contribution in [1.29, 1.82) is 0 Å². The fourth-order valence-corrected chi connectivity index (χ4v) is 3.43. The Balaban J connectivity index is 1.69. The van der Waals surface area contributed by atoms with Gasteiger partial charge in [0.1, 0.15) is 0 Å². The van der Waals surface area contributed by atoms with Gasteiger partial charge in [-0.3, -0.25) is 0 Å². The number of halogens is 1. The van der Waals surface area contributed by atoms with Crippen molar-refractivity contribution in [3.63, 3.8) is 0 Å². The van der Waals surface area contributed by atoms with Crippen molar-refractivity contribution < 1.29 is 19.1 Å². The lowest BCUT2D eigenvalue weighted by Gasteiger charge is -2.23. The van der Waals surface area contributed by atoms with Gasteiger partial charge in [0, 0.05) is 12.0 Å². The summed E-state index contributed by atoms with van der Waals surface area (Å²) >= 11 is 0. The molecule has 0 bridgehead atoms. The molecule has 0 saturated carbocycles. The molecule has 25 heavy (non-hydrogen) atoms. The SMILES string of the molecule is O=C(O)c1cn(F)c2ccc(-c3ccc(C4CCCCO4)cc3)cc12. The molecule has 0 aliphatic carbocycles. The van der Waals surface area contributed by atoms with Gasteiger partial charge in [-0.2, -0.15) is 4.79 Å². The lowest BCUT2D eigenvalue weighted by molar-refractivity contribution is 0.0149. The highest BCUT2D eigenvalue weighted by Gasteiger charge is 2.17. The van der Waals surface area contributed by atoms with Crippen molar-refractivity contribution in [2.45, 2.75) is 25.4 Å². The number of benzene rings is 2. The van der Waals surface area contributed by atoms with E-state index in [-0.39, 0.29) is 17.2 Å². The summed E-state index contributed by atoms with van der Waals surface area (Å²) in [6.07, 6.45) is 4.50. The average Bonchev–Trinajstić information content (AvgIpc) is 2.99. The molecule has 0 amide bonds. The minimum atomic E-state index is -1.14.